The number of aromatic hydroxyl groups is 1. The van der Waals surface area contributed by atoms with Gasteiger partial charge in [0, 0.05) is 33.5 Å². The first kappa shape index (κ1) is 28.2. The molecule has 0 unspecified atom stereocenters. The number of phenolic OH excluding ortho intramolecular Hbond substituents is 1. The Morgan fingerprint density at radius 2 is 1.23 bits per heavy atom. The number of fused-ring (bicyclic) bond motifs is 9. The summed E-state index contributed by atoms with van der Waals surface area (Å²) in [6, 6.07) is 43.9. The lowest BCUT2D eigenvalue weighted by molar-refractivity contribution is 0.475. The molecule has 1 N–H and O–H groups in total. The predicted octanol–water partition coefficient (Wildman–Crippen LogP) is 11.8. The Balaban J connectivity index is 1.31. The number of pyridine rings is 2. The summed E-state index contributed by atoms with van der Waals surface area (Å²) in [7, 11) is 0. The van der Waals surface area contributed by atoms with E-state index in [0.29, 0.717) is 11.0 Å². The van der Waals surface area contributed by atoms with Gasteiger partial charge >= 0.3 is 0 Å². The Morgan fingerprint density at radius 1 is 0.542 bits per heavy atom. The van der Waals surface area contributed by atoms with Gasteiger partial charge in [0.05, 0.1) is 22.3 Å². The number of hydrogen-bond acceptors (Lipinski definition) is 4. The van der Waals surface area contributed by atoms with Crippen LogP contribution in [-0.4, -0.2) is 15.1 Å². The van der Waals surface area contributed by atoms with Crippen LogP contribution in [0.4, 0.5) is 0 Å². The number of hydrogen-bond donors (Lipinski definition) is 1. The van der Waals surface area contributed by atoms with E-state index in [1.54, 1.807) is 0 Å². The molecule has 0 aliphatic carbocycles. The second kappa shape index (κ2) is 10.5. The van der Waals surface area contributed by atoms with Gasteiger partial charge < -0.3 is 9.52 Å². The predicted molar refractivity (Wildman–Crippen MR) is 199 cm³/mol. The van der Waals surface area contributed by atoms with Gasteiger partial charge in [-0.2, -0.15) is 0 Å². The highest BCUT2D eigenvalue weighted by molar-refractivity contribution is 6.29. The van der Waals surface area contributed by atoms with Crippen molar-refractivity contribution in [2.75, 3.05) is 0 Å². The van der Waals surface area contributed by atoms with E-state index in [0.717, 1.165) is 77.1 Å². The van der Waals surface area contributed by atoms with E-state index in [4.69, 9.17) is 14.4 Å². The minimum absolute atomic E-state index is 0.104. The summed E-state index contributed by atoms with van der Waals surface area (Å²) in [5.74, 6) is 0.116. The van der Waals surface area contributed by atoms with Crippen molar-refractivity contribution in [3.8, 4) is 39.4 Å². The zero-order valence-electron chi connectivity index (χ0n) is 27.0. The van der Waals surface area contributed by atoms with Crippen molar-refractivity contribution in [2.24, 2.45) is 0 Å². The third-order valence-corrected chi connectivity index (χ3v) is 9.54. The van der Waals surface area contributed by atoms with Crippen LogP contribution in [0.1, 0.15) is 26.3 Å². The standard InChI is InChI=1S/C44H32N2O2/c1-44(2,3)30-22-28(21-29(23-30)38-24-27(19-20-45-38)26-11-5-4-6-12-26)37-18-17-34-31-13-7-8-14-32(31)35-25-36-33-15-9-10-16-39(33)48-43(36)42(47)40(35)41(34)46-37/h4-25,47H,1-3H3. The van der Waals surface area contributed by atoms with E-state index in [9.17, 15) is 5.11 Å². The Hall–Kier alpha value is -6.00. The lowest BCUT2D eigenvalue weighted by atomic mass is 9.84. The second-order valence-corrected chi connectivity index (χ2v) is 13.6. The summed E-state index contributed by atoms with van der Waals surface area (Å²) in [5.41, 5.74) is 9.11. The molecule has 9 rings (SSSR count). The largest absolute Gasteiger partial charge is 0.504 e. The molecule has 0 fully saturated rings. The van der Waals surface area contributed by atoms with Crippen molar-refractivity contribution in [3.63, 3.8) is 0 Å². The van der Waals surface area contributed by atoms with Crippen molar-refractivity contribution in [3.05, 3.63) is 139 Å². The number of benzene rings is 6. The Bertz CT molecular complexity index is 2720. The fourth-order valence-electron chi connectivity index (χ4n) is 7.03. The van der Waals surface area contributed by atoms with Crippen LogP contribution in [0.2, 0.25) is 0 Å². The van der Waals surface area contributed by atoms with Crippen LogP contribution in [0.25, 0.3) is 88.0 Å². The molecule has 0 radical (unpaired) electrons. The third-order valence-electron chi connectivity index (χ3n) is 9.54. The smallest absolute Gasteiger partial charge is 0.177 e. The van der Waals surface area contributed by atoms with E-state index < -0.39 is 0 Å². The van der Waals surface area contributed by atoms with Crippen LogP contribution in [0.3, 0.4) is 0 Å². The van der Waals surface area contributed by atoms with Crippen molar-refractivity contribution >= 4 is 54.4 Å². The van der Waals surface area contributed by atoms with Crippen molar-refractivity contribution in [1.82, 2.24) is 9.97 Å². The molecule has 48 heavy (non-hydrogen) atoms. The highest BCUT2D eigenvalue weighted by atomic mass is 16.4. The number of furan rings is 1. The van der Waals surface area contributed by atoms with Crippen LogP contribution in [-0.2, 0) is 5.41 Å². The fraction of sp³-hybridized carbons (Fsp3) is 0.0909. The van der Waals surface area contributed by atoms with E-state index in [2.05, 4.69) is 112 Å². The summed E-state index contributed by atoms with van der Waals surface area (Å²) in [4.78, 5) is 10.2. The van der Waals surface area contributed by atoms with E-state index in [1.807, 2.05) is 42.6 Å². The summed E-state index contributed by atoms with van der Waals surface area (Å²) >= 11 is 0. The Labute approximate surface area is 277 Å². The molecule has 0 spiro atoms. The topological polar surface area (TPSA) is 59.2 Å². The highest BCUT2D eigenvalue weighted by Crippen LogP contribution is 2.46. The molecule has 230 valence electrons. The van der Waals surface area contributed by atoms with Gasteiger partial charge in [0.25, 0.3) is 0 Å². The lowest BCUT2D eigenvalue weighted by Crippen LogP contribution is -2.11. The molecule has 3 aromatic heterocycles. The first-order chi connectivity index (χ1) is 23.3. The Morgan fingerprint density at radius 3 is 2.00 bits per heavy atom. The highest BCUT2D eigenvalue weighted by Gasteiger charge is 2.21. The quantitative estimate of drug-likeness (QED) is 0.200. The molecule has 0 atom stereocenters. The Kier molecular flexibility index (Phi) is 6.18. The summed E-state index contributed by atoms with van der Waals surface area (Å²) in [5, 5.41) is 18.6. The number of aromatic nitrogens is 2. The van der Waals surface area contributed by atoms with Gasteiger partial charge in [-0.15, -0.1) is 0 Å². The first-order valence-corrected chi connectivity index (χ1v) is 16.3. The summed E-state index contributed by atoms with van der Waals surface area (Å²) in [6.45, 7) is 6.69. The van der Waals surface area contributed by atoms with Crippen LogP contribution in [0.5, 0.6) is 5.75 Å². The SMILES string of the molecule is CC(C)(C)c1cc(-c2cc(-c3ccccc3)ccn2)cc(-c2ccc3c4ccccc4c4cc5c(oc6ccccc65)c(O)c4c3n2)c1. The molecule has 3 heterocycles. The molecular formula is C44H32N2O2. The molecule has 4 nitrogen and oxygen atoms in total. The first-order valence-electron chi connectivity index (χ1n) is 16.3. The maximum atomic E-state index is 12.0. The zero-order valence-corrected chi connectivity index (χ0v) is 27.0. The molecule has 0 saturated carbocycles. The monoisotopic (exact) mass is 620 g/mol. The van der Waals surface area contributed by atoms with E-state index >= 15 is 0 Å². The zero-order chi connectivity index (χ0) is 32.6. The number of phenols is 1. The number of rotatable bonds is 3. The van der Waals surface area contributed by atoms with Gasteiger partial charge in [-0.1, -0.05) is 93.6 Å². The van der Waals surface area contributed by atoms with Crippen molar-refractivity contribution < 1.29 is 9.52 Å². The molecular weight excluding hydrogens is 588 g/mol. The number of para-hydroxylation sites is 1. The lowest BCUT2D eigenvalue weighted by Gasteiger charge is -2.21. The van der Waals surface area contributed by atoms with E-state index in [1.165, 1.54) is 5.56 Å². The van der Waals surface area contributed by atoms with Gasteiger partial charge in [0.15, 0.2) is 11.3 Å². The molecule has 9 aromatic rings. The molecule has 0 aliphatic heterocycles. The van der Waals surface area contributed by atoms with Gasteiger partial charge in [-0.25, -0.2) is 4.98 Å². The minimum Gasteiger partial charge on any atom is -0.504 e. The summed E-state index contributed by atoms with van der Waals surface area (Å²) < 4.78 is 6.24. The third kappa shape index (κ3) is 4.44. The fourth-order valence-corrected chi connectivity index (χ4v) is 7.03. The van der Waals surface area contributed by atoms with Crippen LogP contribution in [0.15, 0.2) is 138 Å². The van der Waals surface area contributed by atoms with E-state index in [-0.39, 0.29) is 11.2 Å². The molecule has 0 amide bonds. The van der Waals surface area contributed by atoms with Gasteiger partial charge in [0.1, 0.15) is 5.58 Å². The second-order valence-electron chi connectivity index (χ2n) is 13.6. The van der Waals surface area contributed by atoms with Crippen molar-refractivity contribution in [1.29, 1.82) is 0 Å². The summed E-state index contributed by atoms with van der Waals surface area (Å²) in [6.07, 6.45) is 1.88. The van der Waals surface area contributed by atoms with Gasteiger partial charge in [-0.3, -0.25) is 4.98 Å². The maximum Gasteiger partial charge on any atom is 0.177 e. The molecule has 6 aromatic carbocycles. The van der Waals surface area contributed by atoms with Crippen LogP contribution >= 0.6 is 0 Å². The van der Waals surface area contributed by atoms with Crippen molar-refractivity contribution in [2.45, 2.75) is 26.2 Å². The van der Waals surface area contributed by atoms with Gasteiger partial charge in [-0.05, 0) is 92.9 Å². The average Bonchev–Trinajstić information content (AvgIpc) is 3.50. The molecule has 0 saturated heterocycles. The number of nitrogens with zero attached hydrogens (tertiary/aromatic N) is 2. The molecule has 0 aliphatic rings. The minimum atomic E-state index is -0.104. The average molecular weight is 621 g/mol. The molecule has 0 bridgehead atoms. The van der Waals surface area contributed by atoms with Crippen LogP contribution < -0.4 is 0 Å². The maximum absolute atomic E-state index is 12.0. The normalized spacial score (nSPS) is 12.1. The molecule has 4 heteroatoms. The van der Waals surface area contributed by atoms with Gasteiger partial charge in [0.2, 0.25) is 0 Å². The van der Waals surface area contributed by atoms with Crippen LogP contribution in [0, 0.1) is 0 Å².